The van der Waals surface area contributed by atoms with E-state index in [4.69, 9.17) is 5.11 Å². The Hall–Kier alpha value is -3.15. The SMILES string of the molecule is CCC(C)NC(=O)[C@H](CCC(=O)O)NC(=O)c1ccc(-c2ccccc2)cc1. The lowest BCUT2D eigenvalue weighted by molar-refractivity contribution is -0.137. The summed E-state index contributed by atoms with van der Waals surface area (Å²) in [6.45, 7) is 3.79. The lowest BCUT2D eigenvalue weighted by Gasteiger charge is -2.20. The molecule has 0 saturated heterocycles. The van der Waals surface area contributed by atoms with Gasteiger partial charge in [-0.15, -0.1) is 0 Å². The second kappa shape index (κ2) is 10.3. The van der Waals surface area contributed by atoms with Gasteiger partial charge in [0.15, 0.2) is 0 Å². The molecule has 2 amide bonds. The summed E-state index contributed by atoms with van der Waals surface area (Å²) in [6, 6.07) is 15.9. The molecular weight excluding hydrogens is 356 g/mol. The van der Waals surface area contributed by atoms with E-state index in [1.165, 1.54) is 0 Å². The van der Waals surface area contributed by atoms with E-state index >= 15 is 0 Å². The molecule has 2 aromatic carbocycles. The van der Waals surface area contributed by atoms with E-state index in [0.29, 0.717) is 5.56 Å². The normalized spacial score (nSPS) is 12.6. The fraction of sp³-hybridized carbons (Fsp3) is 0.318. The van der Waals surface area contributed by atoms with Crippen molar-refractivity contribution in [1.29, 1.82) is 0 Å². The van der Waals surface area contributed by atoms with E-state index in [1.54, 1.807) is 12.1 Å². The average Bonchev–Trinajstić information content (AvgIpc) is 2.71. The highest BCUT2D eigenvalue weighted by Crippen LogP contribution is 2.19. The molecule has 3 N–H and O–H groups in total. The standard InChI is InChI=1S/C22H26N2O4/c1-3-15(2)23-22(28)19(13-14-20(25)26)24-21(27)18-11-9-17(10-12-18)16-7-5-4-6-8-16/h4-12,15,19H,3,13-14H2,1-2H3,(H,23,28)(H,24,27)(H,25,26)/t15?,19-/m0/s1. The van der Waals surface area contributed by atoms with Crippen molar-refractivity contribution in [3.63, 3.8) is 0 Å². The van der Waals surface area contributed by atoms with Gasteiger partial charge in [0.1, 0.15) is 6.04 Å². The van der Waals surface area contributed by atoms with Crippen molar-refractivity contribution in [3.05, 3.63) is 60.2 Å². The van der Waals surface area contributed by atoms with Crippen LogP contribution in [0.3, 0.4) is 0 Å². The van der Waals surface area contributed by atoms with Gasteiger partial charge in [0.25, 0.3) is 5.91 Å². The highest BCUT2D eigenvalue weighted by Gasteiger charge is 2.23. The zero-order valence-corrected chi connectivity index (χ0v) is 16.1. The maximum atomic E-state index is 12.6. The molecule has 6 nitrogen and oxygen atoms in total. The van der Waals surface area contributed by atoms with E-state index in [2.05, 4.69) is 10.6 Å². The van der Waals surface area contributed by atoms with Gasteiger partial charge in [0.2, 0.25) is 5.91 Å². The van der Waals surface area contributed by atoms with Crippen molar-refractivity contribution >= 4 is 17.8 Å². The quantitative estimate of drug-likeness (QED) is 0.620. The first-order valence-corrected chi connectivity index (χ1v) is 9.39. The third-order valence-corrected chi connectivity index (χ3v) is 4.52. The number of carbonyl (C=O) groups excluding carboxylic acids is 2. The predicted octanol–water partition coefficient (Wildman–Crippen LogP) is 3.23. The molecule has 28 heavy (non-hydrogen) atoms. The van der Waals surface area contributed by atoms with Crippen molar-refractivity contribution in [3.8, 4) is 11.1 Å². The van der Waals surface area contributed by atoms with Gasteiger partial charge in [-0.3, -0.25) is 14.4 Å². The summed E-state index contributed by atoms with van der Waals surface area (Å²) in [5, 5.41) is 14.4. The Bertz CT molecular complexity index is 803. The summed E-state index contributed by atoms with van der Waals surface area (Å²) in [5.74, 6) is -1.79. The minimum atomic E-state index is -1.01. The molecular formula is C22H26N2O4. The molecule has 0 aromatic heterocycles. The summed E-state index contributed by atoms with van der Waals surface area (Å²) >= 11 is 0. The lowest BCUT2D eigenvalue weighted by atomic mass is 10.0. The second-order valence-corrected chi connectivity index (χ2v) is 6.72. The smallest absolute Gasteiger partial charge is 0.303 e. The number of amides is 2. The Morgan fingerprint density at radius 1 is 0.929 bits per heavy atom. The molecule has 1 unspecified atom stereocenters. The molecule has 0 radical (unpaired) electrons. The molecule has 148 valence electrons. The van der Waals surface area contributed by atoms with Crippen LogP contribution < -0.4 is 10.6 Å². The number of hydrogen-bond donors (Lipinski definition) is 3. The van der Waals surface area contributed by atoms with Crippen LogP contribution in [-0.4, -0.2) is 35.0 Å². The van der Waals surface area contributed by atoms with Crippen LogP contribution in [0.15, 0.2) is 54.6 Å². The van der Waals surface area contributed by atoms with Gasteiger partial charge < -0.3 is 15.7 Å². The largest absolute Gasteiger partial charge is 0.481 e. The average molecular weight is 382 g/mol. The zero-order valence-electron chi connectivity index (χ0n) is 16.1. The van der Waals surface area contributed by atoms with Crippen LogP contribution in [0.2, 0.25) is 0 Å². The van der Waals surface area contributed by atoms with Gasteiger partial charge >= 0.3 is 5.97 Å². The van der Waals surface area contributed by atoms with Crippen LogP contribution in [-0.2, 0) is 9.59 Å². The molecule has 0 heterocycles. The van der Waals surface area contributed by atoms with Gasteiger partial charge in [-0.05, 0) is 43.0 Å². The lowest BCUT2D eigenvalue weighted by Crippen LogP contribution is -2.49. The fourth-order valence-electron chi connectivity index (χ4n) is 2.67. The molecule has 0 fully saturated rings. The first-order chi connectivity index (χ1) is 13.4. The van der Waals surface area contributed by atoms with Crippen LogP contribution in [0.1, 0.15) is 43.5 Å². The minimum Gasteiger partial charge on any atom is -0.481 e. The number of nitrogens with one attached hydrogen (secondary N) is 2. The number of rotatable bonds is 9. The monoisotopic (exact) mass is 382 g/mol. The van der Waals surface area contributed by atoms with E-state index < -0.39 is 17.9 Å². The van der Waals surface area contributed by atoms with Gasteiger partial charge in [0.05, 0.1) is 0 Å². The molecule has 2 aromatic rings. The zero-order chi connectivity index (χ0) is 20.5. The number of carboxylic acid groups (broad SMARTS) is 1. The molecule has 0 bridgehead atoms. The van der Waals surface area contributed by atoms with E-state index in [1.807, 2.05) is 56.3 Å². The fourth-order valence-corrected chi connectivity index (χ4v) is 2.67. The Labute approximate surface area is 165 Å². The Morgan fingerprint density at radius 3 is 2.11 bits per heavy atom. The van der Waals surface area contributed by atoms with Crippen molar-refractivity contribution in [2.75, 3.05) is 0 Å². The summed E-state index contributed by atoms with van der Waals surface area (Å²) in [4.78, 5) is 35.9. The van der Waals surface area contributed by atoms with Gasteiger partial charge in [-0.1, -0.05) is 49.4 Å². The minimum absolute atomic E-state index is 0.0332. The van der Waals surface area contributed by atoms with Crippen molar-refractivity contribution in [1.82, 2.24) is 10.6 Å². The molecule has 0 aliphatic heterocycles. The summed E-state index contributed by atoms with van der Waals surface area (Å²) in [5.41, 5.74) is 2.44. The number of benzene rings is 2. The molecule has 0 aliphatic carbocycles. The summed E-state index contributed by atoms with van der Waals surface area (Å²) in [7, 11) is 0. The molecule has 0 spiro atoms. The topological polar surface area (TPSA) is 95.5 Å². The maximum absolute atomic E-state index is 12.6. The van der Waals surface area contributed by atoms with Crippen LogP contribution in [0.4, 0.5) is 0 Å². The van der Waals surface area contributed by atoms with Gasteiger partial charge in [-0.2, -0.15) is 0 Å². The van der Waals surface area contributed by atoms with E-state index in [-0.39, 0.29) is 24.8 Å². The highest BCUT2D eigenvalue weighted by molar-refractivity contribution is 5.98. The summed E-state index contributed by atoms with van der Waals surface area (Å²) < 4.78 is 0. The van der Waals surface area contributed by atoms with Crippen molar-refractivity contribution in [2.24, 2.45) is 0 Å². The number of aliphatic carboxylic acids is 1. The first kappa shape index (κ1) is 21.2. The Morgan fingerprint density at radius 2 is 1.54 bits per heavy atom. The molecule has 2 rings (SSSR count). The van der Waals surface area contributed by atoms with Crippen molar-refractivity contribution in [2.45, 2.75) is 45.2 Å². The van der Waals surface area contributed by atoms with Crippen LogP contribution >= 0.6 is 0 Å². The summed E-state index contributed by atoms with van der Waals surface area (Å²) in [6.07, 6.45) is 0.573. The first-order valence-electron chi connectivity index (χ1n) is 9.39. The number of carboxylic acids is 1. The third-order valence-electron chi connectivity index (χ3n) is 4.52. The number of carbonyl (C=O) groups is 3. The highest BCUT2D eigenvalue weighted by atomic mass is 16.4. The van der Waals surface area contributed by atoms with Crippen LogP contribution in [0.25, 0.3) is 11.1 Å². The number of hydrogen-bond acceptors (Lipinski definition) is 3. The predicted molar refractivity (Wildman–Crippen MR) is 108 cm³/mol. The van der Waals surface area contributed by atoms with E-state index in [0.717, 1.165) is 17.5 Å². The molecule has 6 heteroatoms. The third kappa shape index (κ3) is 6.23. The van der Waals surface area contributed by atoms with E-state index in [9.17, 15) is 14.4 Å². The molecule has 0 saturated carbocycles. The molecule has 0 aliphatic rings. The Kier molecular flexibility index (Phi) is 7.75. The van der Waals surface area contributed by atoms with Crippen LogP contribution in [0.5, 0.6) is 0 Å². The van der Waals surface area contributed by atoms with Crippen molar-refractivity contribution < 1.29 is 19.5 Å². The second-order valence-electron chi connectivity index (χ2n) is 6.72. The van der Waals surface area contributed by atoms with Gasteiger partial charge in [0, 0.05) is 18.0 Å². The van der Waals surface area contributed by atoms with Gasteiger partial charge in [-0.25, -0.2) is 0 Å². The maximum Gasteiger partial charge on any atom is 0.303 e. The Balaban J connectivity index is 2.08. The van der Waals surface area contributed by atoms with Crippen LogP contribution in [0, 0.1) is 0 Å². The molecule has 2 atom stereocenters.